The first-order chi connectivity index (χ1) is 8.81. The van der Waals surface area contributed by atoms with Crippen molar-refractivity contribution in [3.05, 3.63) is 28.8 Å². The fourth-order valence-corrected chi connectivity index (χ4v) is 3.55. The molecule has 0 bridgehead atoms. The van der Waals surface area contributed by atoms with E-state index in [-0.39, 0.29) is 10.6 Å². The summed E-state index contributed by atoms with van der Waals surface area (Å²) >= 11 is 5.79. The quantitative estimate of drug-likeness (QED) is 0.869. The molecule has 5 heteroatoms. The minimum Gasteiger partial charge on any atom is -0.478 e. The van der Waals surface area contributed by atoms with Crippen LogP contribution in [0.25, 0.3) is 0 Å². The van der Waals surface area contributed by atoms with Gasteiger partial charge in [0.1, 0.15) is 0 Å². The zero-order chi connectivity index (χ0) is 14.6. The van der Waals surface area contributed by atoms with Crippen LogP contribution in [0.5, 0.6) is 0 Å². The first-order valence-corrected chi connectivity index (χ1v) is 7.92. The lowest BCUT2D eigenvalue weighted by Gasteiger charge is -2.13. The summed E-state index contributed by atoms with van der Waals surface area (Å²) in [5.74, 6) is 0.342. The molecule has 2 unspecified atom stereocenters. The van der Waals surface area contributed by atoms with Gasteiger partial charge < -0.3 is 5.11 Å². The number of hydrogen-bond donors (Lipinski definition) is 1. The Morgan fingerprint density at radius 3 is 2.53 bits per heavy atom. The minimum atomic E-state index is -1.19. The maximum Gasteiger partial charge on any atom is 0.337 e. The van der Waals surface area contributed by atoms with Gasteiger partial charge in [-0.25, -0.2) is 4.79 Å². The van der Waals surface area contributed by atoms with Crippen LogP contribution in [0.2, 0.25) is 5.02 Å². The number of rotatable bonds is 6. The van der Waals surface area contributed by atoms with Crippen LogP contribution < -0.4 is 0 Å². The van der Waals surface area contributed by atoms with Crippen molar-refractivity contribution < 1.29 is 14.1 Å². The maximum absolute atomic E-state index is 12.2. The van der Waals surface area contributed by atoms with Crippen molar-refractivity contribution in [1.29, 1.82) is 0 Å². The number of hydrogen-bond acceptors (Lipinski definition) is 2. The Bertz CT molecular complexity index is 486. The average Bonchev–Trinajstić information content (AvgIpc) is 2.27. The Morgan fingerprint density at radius 1 is 1.37 bits per heavy atom. The number of carboxylic acids is 1. The lowest BCUT2D eigenvalue weighted by molar-refractivity contribution is 0.0697. The fraction of sp³-hybridized carbons (Fsp3) is 0.500. The summed E-state index contributed by atoms with van der Waals surface area (Å²) in [5.41, 5.74) is 0.00373. The van der Waals surface area contributed by atoms with Crippen LogP contribution in [0.1, 0.15) is 37.6 Å². The second-order valence-corrected chi connectivity index (χ2v) is 7.10. The van der Waals surface area contributed by atoms with Gasteiger partial charge in [-0.3, -0.25) is 4.21 Å². The van der Waals surface area contributed by atoms with Gasteiger partial charge in [0.15, 0.2) is 0 Å². The summed E-state index contributed by atoms with van der Waals surface area (Å²) in [4.78, 5) is 11.5. The summed E-state index contributed by atoms with van der Waals surface area (Å²) in [6.07, 6.45) is 1.01. The standard InChI is InChI=1S/C14H19ClO3S/c1-9(2)6-10(3)8-19(18)11-4-5-13(15)12(7-11)14(16)17/h4-5,7,9-10H,6,8H2,1-3H3,(H,16,17). The van der Waals surface area contributed by atoms with Crippen molar-refractivity contribution in [3.8, 4) is 0 Å². The fourth-order valence-electron chi connectivity index (χ4n) is 2.04. The monoisotopic (exact) mass is 302 g/mol. The molecular weight excluding hydrogens is 284 g/mol. The van der Waals surface area contributed by atoms with E-state index in [9.17, 15) is 9.00 Å². The summed E-state index contributed by atoms with van der Waals surface area (Å²) in [7, 11) is -1.19. The molecule has 0 aliphatic heterocycles. The molecule has 0 heterocycles. The molecular formula is C14H19ClO3S. The van der Waals surface area contributed by atoms with Crippen LogP contribution in [0, 0.1) is 11.8 Å². The van der Waals surface area contributed by atoms with E-state index in [0.29, 0.717) is 22.5 Å². The molecule has 1 N–H and O–H groups in total. The highest BCUT2D eigenvalue weighted by molar-refractivity contribution is 7.85. The van der Waals surface area contributed by atoms with Gasteiger partial charge in [-0.1, -0.05) is 32.4 Å². The van der Waals surface area contributed by atoms with E-state index >= 15 is 0 Å². The Kier molecular flexibility index (Phi) is 6.01. The first kappa shape index (κ1) is 16.2. The van der Waals surface area contributed by atoms with E-state index < -0.39 is 16.8 Å². The van der Waals surface area contributed by atoms with Crippen LogP contribution in [0.15, 0.2) is 23.1 Å². The van der Waals surface area contributed by atoms with Gasteiger partial charge in [-0.15, -0.1) is 0 Å². The Hall–Kier alpha value is -0.870. The Morgan fingerprint density at radius 2 is 2.00 bits per heavy atom. The van der Waals surface area contributed by atoms with Gasteiger partial charge in [-0.2, -0.15) is 0 Å². The first-order valence-electron chi connectivity index (χ1n) is 6.22. The van der Waals surface area contributed by atoms with Gasteiger partial charge >= 0.3 is 5.97 Å². The van der Waals surface area contributed by atoms with Crippen molar-refractivity contribution >= 4 is 28.4 Å². The van der Waals surface area contributed by atoms with Crippen LogP contribution in [-0.2, 0) is 10.8 Å². The van der Waals surface area contributed by atoms with E-state index in [1.165, 1.54) is 12.1 Å². The van der Waals surface area contributed by atoms with Crippen molar-refractivity contribution in [2.45, 2.75) is 32.1 Å². The number of carbonyl (C=O) groups is 1. The van der Waals surface area contributed by atoms with Crippen LogP contribution in [0.3, 0.4) is 0 Å². The number of carboxylic acid groups (broad SMARTS) is 1. The van der Waals surface area contributed by atoms with Crippen molar-refractivity contribution in [3.63, 3.8) is 0 Å². The molecule has 0 saturated carbocycles. The molecule has 0 aliphatic carbocycles. The molecule has 1 aromatic rings. The smallest absolute Gasteiger partial charge is 0.337 e. The number of halogens is 1. The predicted octanol–water partition coefficient (Wildman–Crippen LogP) is 3.83. The highest BCUT2D eigenvalue weighted by Gasteiger charge is 2.15. The van der Waals surface area contributed by atoms with Gasteiger partial charge in [0.05, 0.1) is 21.4 Å². The second-order valence-electron chi connectivity index (χ2n) is 5.19. The molecule has 0 fully saturated rings. The van der Waals surface area contributed by atoms with Crippen LogP contribution in [0.4, 0.5) is 0 Å². The molecule has 0 spiro atoms. The SMILES string of the molecule is CC(C)CC(C)CS(=O)c1ccc(Cl)c(C(=O)O)c1. The zero-order valence-corrected chi connectivity index (χ0v) is 12.9. The average molecular weight is 303 g/mol. The lowest BCUT2D eigenvalue weighted by atomic mass is 10.0. The van der Waals surface area contributed by atoms with Crippen molar-refractivity contribution in [2.24, 2.45) is 11.8 Å². The van der Waals surface area contributed by atoms with Gasteiger partial charge in [0.2, 0.25) is 0 Å². The van der Waals surface area contributed by atoms with E-state index in [4.69, 9.17) is 16.7 Å². The zero-order valence-electron chi connectivity index (χ0n) is 11.4. The molecule has 19 heavy (non-hydrogen) atoms. The molecule has 0 aliphatic rings. The van der Waals surface area contributed by atoms with Gasteiger partial charge in [0, 0.05) is 10.6 Å². The molecule has 1 aromatic carbocycles. The summed E-state index contributed by atoms with van der Waals surface area (Å²) in [6, 6.07) is 4.53. The summed E-state index contributed by atoms with van der Waals surface area (Å²) < 4.78 is 12.2. The van der Waals surface area contributed by atoms with E-state index in [0.717, 1.165) is 6.42 Å². The van der Waals surface area contributed by atoms with Crippen LogP contribution in [-0.4, -0.2) is 21.0 Å². The molecule has 106 valence electrons. The Balaban J connectivity index is 2.83. The normalized spacial score (nSPS) is 14.4. The third-order valence-corrected chi connectivity index (χ3v) is 4.72. The van der Waals surface area contributed by atoms with Gasteiger partial charge in [-0.05, 0) is 36.5 Å². The molecule has 3 nitrogen and oxygen atoms in total. The van der Waals surface area contributed by atoms with E-state index in [1.807, 2.05) is 0 Å². The third-order valence-electron chi connectivity index (χ3n) is 2.74. The topological polar surface area (TPSA) is 54.4 Å². The van der Waals surface area contributed by atoms with E-state index in [1.54, 1.807) is 6.07 Å². The van der Waals surface area contributed by atoms with Crippen LogP contribution >= 0.6 is 11.6 Å². The predicted molar refractivity (Wildman–Crippen MR) is 78.3 cm³/mol. The highest BCUT2D eigenvalue weighted by Crippen LogP contribution is 2.21. The van der Waals surface area contributed by atoms with Crippen molar-refractivity contribution in [2.75, 3.05) is 5.75 Å². The van der Waals surface area contributed by atoms with Crippen molar-refractivity contribution in [1.82, 2.24) is 0 Å². The van der Waals surface area contributed by atoms with E-state index in [2.05, 4.69) is 20.8 Å². The molecule has 0 saturated heterocycles. The third kappa shape index (κ3) is 4.96. The Labute approximate surface area is 121 Å². The maximum atomic E-state index is 12.2. The lowest BCUT2D eigenvalue weighted by Crippen LogP contribution is -2.11. The molecule has 0 radical (unpaired) electrons. The highest BCUT2D eigenvalue weighted by atomic mass is 35.5. The molecule has 2 atom stereocenters. The number of benzene rings is 1. The summed E-state index contributed by atoms with van der Waals surface area (Å²) in [6.45, 7) is 6.32. The number of aromatic carboxylic acids is 1. The van der Waals surface area contributed by atoms with Gasteiger partial charge in [0.25, 0.3) is 0 Å². The largest absolute Gasteiger partial charge is 0.478 e. The molecule has 0 amide bonds. The molecule has 1 rings (SSSR count). The molecule has 0 aromatic heterocycles. The summed E-state index contributed by atoms with van der Waals surface area (Å²) in [5, 5.41) is 9.16. The second kappa shape index (κ2) is 7.06. The minimum absolute atomic E-state index is 0.00373.